The van der Waals surface area contributed by atoms with Crippen molar-refractivity contribution >= 4 is 34.6 Å². The Bertz CT molecular complexity index is 1010. The molecular weight excluding hydrogens is 390 g/mol. The number of nitrogens with one attached hydrogen (secondary N) is 3. The Kier molecular flexibility index (Phi) is 5.84. The minimum atomic E-state index is -0.445. The number of carbonyl (C=O) groups excluding carboxylic acids is 2. The van der Waals surface area contributed by atoms with Crippen molar-refractivity contribution in [1.29, 1.82) is 0 Å². The highest BCUT2D eigenvalue weighted by molar-refractivity contribution is 7.99. The smallest absolute Gasteiger partial charge is 0.321 e. The van der Waals surface area contributed by atoms with Crippen LogP contribution in [0.25, 0.3) is 22.4 Å². The summed E-state index contributed by atoms with van der Waals surface area (Å²) in [5.41, 5.74) is 1.79. The number of H-pyrrole nitrogens is 1. The molecule has 1 saturated carbocycles. The summed E-state index contributed by atoms with van der Waals surface area (Å²) >= 11 is 1.10. The molecule has 0 spiro atoms. The number of nitrogens with zero attached hydrogens (tertiary/aromatic N) is 2. The second-order valence-electron chi connectivity index (χ2n) is 7.30. The zero-order chi connectivity index (χ0) is 20.2. The fourth-order valence-electron chi connectivity index (χ4n) is 3.65. The first-order valence-electron chi connectivity index (χ1n) is 9.73. The molecule has 0 aliphatic heterocycles. The van der Waals surface area contributed by atoms with Gasteiger partial charge in [0.25, 0.3) is 11.1 Å². The number of aromatic amines is 1. The zero-order valence-electron chi connectivity index (χ0n) is 16.1. The van der Waals surface area contributed by atoms with E-state index in [1.165, 1.54) is 6.42 Å². The first-order valence-corrected chi connectivity index (χ1v) is 10.7. The molecule has 1 fully saturated rings. The van der Waals surface area contributed by atoms with Crippen LogP contribution >= 0.6 is 11.8 Å². The lowest BCUT2D eigenvalue weighted by Crippen LogP contribution is -2.48. The lowest BCUT2D eigenvalue weighted by atomic mass is 9.86. The van der Waals surface area contributed by atoms with Gasteiger partial charge in [-0.25, -0.2) is 4.79 Å². The van der Waals surface area contributed by atoms with Gasteiger partial charge >= 0.3 is 6.03 Å². The summed E-state index contributed by atoms with van der Waals surface area (Å²) in [4.78, 5) is 27.3. The lowest BCUT2D eigenvalue weighted by molar-refractivity contribution is -0.117. The molecular formula is C20H23N5O3S. The Morgan fingerprint density at radius 1 is 1.24 bits per heavy atom. The minimum absolute atomic E-state index is 0.0170. The van der Waals surface area contributed by atoms with Crippen LogP contribution in [0.15, 0.2) is 40.1 Å². The molecule has 0 radical (unpaired) electrons. The molecule has 0 saturated heterocycles. The summed E-state index contributed by atoms with van der Waals surface area (Å²) in [5, 5.41) is 14.6. The van der Waals surface area contributed by atoms with E-state index in [1.54, 1.807) is 0 Å². The third-order valence-corrected chi connectivity index (χ3v) is 6.05. The van der Waals surface area contributed by atoms with Crippen molar-refractivity contribution in [1.82, 2.24) is 25.8 Å². The van der Waals surface area contributed by atoms with E-state index in [4.69, 9.17) is 4.42 Å². The summed E-state index contributed by atoms with van der Waals surface area (Å²) < 4.78 is 5.67. The maximum atomic E-state index is 12.1. The van der Waals surface area contributed by atoms with Gasteiger partial charge in [0.1, 0.15) is 0 Å². The summed E-state index contributed by atoms with van der Waals surface area (Å²) in [6.07, 6.45) is 6.17. The van der Waals surface area contributed by atoms with Crippen LogP contribution in [0.3, 0.4) is 0 Å². The minimum Gasteiger partial charge on any atom is -0.411 e. The number of rotatable bonds is 5. The molecule has 2 atom stereocenters. The van der Waals surface area contributed by atoms with Crippen LogP contribution in [-0.2, 0) is 4.79 Å². The number of thioether (sulfide) groups is 1. The largest absolute Gasteiger partial charge is 0.411 e. The Hall–Kier alpha value is -2.81. The van der Waals surface area contributed by atoms with Gasteiger partial charge in [-0.15, -0.1) is 10.2 Å². The second kappa shape index (κ2) is 8.69. The highest BCUT2D eigenvalue weighted by Crippen LogP contribution is 2.29. The van der Waals surface area contributed by atoms with E-state index in [-0.39, 0.29) is 17.0 Å². The number of amides is 3. The maximum absolute atomic E-state index is 12.1. The van der Waals surface area contributed by atoms with Gasteiger partial charge in [-0.3, -0.25) is 10.1 Å². The van der Waals surface area contributed by atoms with E-state index in [0.29, 0.717) is 11.8 Å². The number of urea groups is 1. The van der Waals surface area contributed by atoms with E-state index in [9.17, 15) is 9.59 Å². The second-order valence-corrected chi connectivity index (χ2v) is 8.23. The molecule has 8 nitrogen and oxygen atoms in total. The van der Waals surface area contributed by atoms with Gasteiger partial charge in [-0.05, 0) is 24.8 Å². The first-order chi connectivity index (χ1) is 14.1. The number of carbonyl (C=O) groups is 2. The Morgan fingerprint density at radius 2 is 2.07 bits per heavy atom. The Balaban J connectivity index is 1.29. The molecule has 152 valence electrons. The van der Waals surface area contributed by atoms with Crippen LogP contribution in [0.4, 0.5) is 4.79 Å². The monoisotopic (exact) mass is 413 g/mol. The summed E-state index contributed by atoms with van der Waals surface area (Å²) in [6, 6.07) is 7.50. The van der Waals surface area contributed by atoms with Crippen molar-refractivity contribution in [3.63, 3.8) is 0 Å². The molecule has 9 heteroatoms. The molecule has 1 aliphatic carbocycles. The molecule has 3 amide bonds. The van der Waals surface area contributed by atoms with Crippen molar-refractivity contribution in [2.24, 2.45) is 5.92 Å². The molecule has 3 aromatic rings. The highest BCUT2D eigenvalue weighted by Gasteiger charge is 2.23. The van der Waals surface area contributed by atoms with Crippen LogP contribution in [-0.4, -0.2) is 38.9 Å². The molecule has 1 aromatic carbocycles. The standard InChI is InChI=1S/C20H23N5O3S/c1-12-6-2-4-8-15(12)22-19(27)23-17(26)11-29-20-25-24-18(28-20)14-10-21-16-9-5-3-7-13(14)16/h3,5,7,9-10,12,15,21H,2,4,6,8,11H2,1H3,(H2,22,23,26,27). The average Bonchev–Trinajstić information content (AvgIpc) is 3.34. The van der Waals surface area contributed by atoms with Gasteiger partial charge in [-0.1, -0.05) is 49.7 Å². The van der Waals surface area contributed by atoms with Gasteiger partial charge < -0.3 is 14.7 Å². The molecule has 3 N–H and O–H groups in total. The van der Waals surface area contributed by atoms with Crippen LogP contribution in [0, 0.1) is 5.92 Å². The molecule has 2 aromatic heterocycles. The van der Waals surface area contributed by atoms with Crippen LogP contribution in [0.1, 0.15) is 32.6 Å². The van der Waals surface area contributed by atoms with Crippen molar-refractivity contribution in [2.75, 3.05) is 5.75 Å². The van der Waals surface area contributed by atoms with Gasteiger partial charge in [0, 0.05) is 23.1 Å². The van der Waals surface area contributed by atoms with Crippen molar-refractivity contribution in [3.8, 4) is 11.5 Å². The normalized spacial score (nSPS) is 19.2. The lowest BCUT2D eigenvalue weighted by Gasteiger charge is -2.29. The molecule has 0 bridgehead atoms. The number of hydrogen-bond acceptors (Lipinski definition) is 6. The zero-order valence-corrected chi connectivity index (χ0v) is 16.9. The van der Waals surface area contributed by atoms with Crippen LogP contribution in [0.5, 0.6) is 0 Å². The van der Waals surface area contributed by atoms with Crippen molar-refractivity contribution < 1.29 is 14.0 Å². The molecule has 1 aliphatic rings. The SMILES string of the molecule is CC1CCCCC1NC(=O)NC(=O)CSc1nnc(-c2c[nH]c3ccccc23)o1. The van der Waals surface area contributed by atoms with E-state index < -0.39 is 11.9 Å². The molecule has 2 heterocycles. The topological polar surface area (TPSA) is 113 Å². The number of aromatic nitrogens is 3. The number of benzene rings is 1. The summed E-state index contributed by atoms with van der Waals surface area (Å²) in [5.74, 6) is 0.431. The predicted molar refractivity (Wildman–Crippen MR) is 110 cm³/mol. The summed E-state index contributed by atoms with van der Waals surface area (Å²) in [7, 11) is 0. The van der Waals surface area contributed by atoms with Gasteiger partial charge in [-0.2, -0.15) is 0 Å². The highest BCUT2D eigenvalue weighted by atomic mass is 32.2. The third kappa shape index (κ3) is 4.61. The van der Waals surface area contributed by atoms with Crippen molar-refractivity contribution in [3.05, 3.63) is 30.5 Å². The van der Waals surface area contributed by atoms with Gasteiger partial charge in [0.05, 0.1) is 11.3 Å². The van der Waals surface area contributed by atoms with E-state index >= 15 is 0 Å². The quantitative estimate of drug-likeness (QED) is 0.550. The van der Waals surface area contributed by atoms with Gasteiger partial charge in [0.15, 0.2) is 0 Å². The van der Waals surface area contributed by atoms with E-state index in [2.05, 4.69) is 32.7 Å². The van der Waals surface area contributed by atoms with Gasteiger partial charge in [0.2, 0.25) is 5.91 Å². The fraction of sp³-hybridized carbons (Fsp3) is 0.400. The molecule has 2 unspecified atom stereocenters. The number of imide groups is 1. The van der Waals surface area contributed by atoms with Crippen molar-refractivity contribution in [2.45, 2.75) is 43.9 Å². The summed E-state index contributed by atoms with van der Waals surface area (Å²) in [6.45, 7) is 2.13. The third-order valence-electron chi connectivity index (χ3n) is 5.23. The number of fused-ring (bicyclic) bond motifs is 1. The Morgan fingerprint density at radius 3 is 2.93 bits per heavy atom. The predicted octanol–water partition coefficient (Wildman–Crippen LogP) is 3.71. The van der Waals surface area contributed by atoms with Crippen LogP contribution in [0.2, 0.25) is 0 Å². The molecule has 4 rings (SSSR count). The fourth-order valence-corrected chi connectivity index (χ4v) is 4.21. The Labute approximate surface area is 172 Å². The average molecular weight is 414 g/mol. The number of hydrogen-bond donors (Lipinski definition) is 3. The first kappa shape index (κ1) is 19.5. The van der Waals surface area contributed by atoms with E-state index in [1.807, 2.05) is 30.5 Å². The number of para-hydroxylation sites is 1. The van der Waals surface area contributed by atoms with E-state index in [0.717, 1.165) is 47.5 Å². The maximum Gasteiger partial charge on any atom is 0.321 e. The van der Waals surface area contributed by atoms with Crippen LogP contribution < -0.4 is 10.6 Å². The molecule has 29 heavy (non-hydrogen) atoms.